The van der Waals surface area contributed by atoms with E-state index in [1.807, 2.05) is 0 Å². The first-order valence-electron chi connectivity index (χ1n) is 3.81. The molecule has 1 aliphatic carbocycles. The number of carbonyl (C=O) groups is 1. The van der Waals surface area contributed by atoms with Crippen LogP contribution in [0.1, 0.15) is 24.5 Å². The largest absolute Gasteiger partial charge is 0.465 e. The van der Waals surface area contributed by atoms with Crippen molar-refractivity contribution in [2.75, 3.05) is 5.32 Å². The zero-order chi connectivity index (χ0) is 8.55. The molecule has 2 rings (SSSR count). The summed E-state index contributed by atoms with van der Waals surface area (Å²) in [5.41, 5.74) is 1.43. The number of hydrogen-bond donors (Lipinski definition) is 3. The lowest BCUT2D eigenvalue weighted by Gasteiger charge is -1.97. The Kier molecular flexibility index (Phi) is 1.49. The van der Waals surface area contributed by atoms with Gasteiger partial charge in [-0.1, -0.05) is 0 Å². The molecule has 5 heteroatoms. The van der Waals surface area contributed by atoms with E-state index in [1.54, 1.807) is 6.20 Å². The van der Waals surface area contributed by atoms with Crippen LogP contribution in [-0.4, -0.2) is 21.4 Å². The van der Waals surface area contributed by atoms with Crippen molar-refractivity contribution in [3.63, 3.8) is 0 Å². The molecule has 0 spiro atoms. The van der Waals surface area contributed by atoms with Gasteiger partial charge >= 0.3 is 6.09 Å². The number of hydrogen-bond acceptors (Lipinski definition) is 2. The van der Waals surface area contributed by atoms with Gasteiger partial charge in [0, 0.05) is 12.1 Å². The Hall–Kier alpha value is -1.52. The molecule has 1 saturated carbocycles. The lowest BCUT2D eigenvalue weighted by atomic mass is 10.2. The zero-order valence-corrected chi connectivity index (χ0v) is 6.37. The van der Waals surface area contributed by atoms with Crippen LogP contribution in [0.2, 0.25) is 0 Å². The number of aromatic amines is 1. The molecule has 1 amide bonds. The summed E-state index contributed by atoms with van der Waals surface area (Å²) in [4.78, 5) is 10.3. The molecule has 0 saturated heterocycles. The number of nitrogens with zero attached hydrogens (tertiary/aromatic N) is 1. The number of H-pyrrole nitrogens is 1. The van der Waals surface area contributed by atoms with Crippen LogP contribution in [0.5, 0.6) is 0 Å². The number of aromatic nitrogens is 2. The van der Waals surface area contributed by atoms with Crippen molar-refractivity contribution in [1.29, 1.82) is 0 Å². The molecule has 0 unspecified atom stereocenters. The summed E-state index contributed by atoms with van der Waals surface area (Å²) in [6.45, 7) is 0. The second kappa shape index (κ2) is 2.51. The number of anilines is 1. The summed E-state index contributed by atoms with van der Waals surface area (Å²) in [6, 6.07) is 0. The van der Waals surface area contributed by atoms with Crippen molar-refractivity contribution in [2.24, 2.45) is 0 Å². The fourth-order valence-electron chi connectivity index (χ4n) is 1.18. The Labute approximate surface area is 68.8 Å². The van der Waals surface area contributed by atoms with E-state index in [0.717, 1.165) is 18.5 Å². The van der Waals surface area contributed by atoms with Crippen LogP contribution in [0.4, 0.5) is 10.5 Å². The highest BCUT2D eigenvalue weighted by atomic mass is 16.4. The quantitative estimate of drug-likeness (QED) is 0.622. The summed E-state index contributed by atoms with van der Waals surface area (Å²) in [7, 11) is 0. The molecule has 1 heterocycles. The van der Waals surface area contributed by atoms with E-state index in [-0.39, 0.29) is 0 Å². The third kappa shape index (κ3) is 1.25. The number of nitrogens with one attached hydrogen (secondary N) is 2. The minimum absolute atomic E-state index is 0.457. The normalized spacial score (nSPS) is 16.0. The van der Waals surface area contributed by atoms with Gasteiger partial charge in [-0.15, -0.1) is 0 Å². The van der Waals surface area contributed by atoms with Crippen molar-refractivity contribution in [3.05, 3.63) is 11.9 Å². The lowest BCUT2D eigenvalue weighted by Crippen LogP contribution is -2.07. The Bertz CT molecular complexity index is 303. The first-order valence-corrected chi connectivity index (χ1v) is 3.81. The van der Waals surface area contributed by atoms with Gasteiger partial charge in [0.25, 0.3) is 0 Å². The van der Waals surface area contributed by atoms with Crippen LogP contribution in [0.15, 0.2) is 6.20 Å². The maximum atomic E-state index is 10.3. The Morgan fingerprint density at radius 1 is 1.75 bits per heavy atom. The Morgan fingerprint density at radius 2 is 2.50 bits per heavy atom. The van der Waals surface area contributed by atoms with Gasteiger partial charge in [-0.25, -0.2) is 4.79 Å². The molecule has 0 aromatic carbocycles. The van der Waals surface area contributed by atoms with Crippen molar-refractivity contribution >= 4 is 11.8 Å². The van der Waals surface area contributed by atoms with E-state index >= 15 is 0 Å². The predicted octanol–water partition coefficient (Wildman–Crippen LogP) is 1.38. The van der Waals surface area contributed by atoms with Gasteiger partial charge in [0.15, 0.2) is 0 Å². The van der Waals surface area contributed by atoms with Crippen LogP contribution < -0.4 is 5.32 Å². The van der Waals surface area contributed by atoms with Gasteiger partial charge in [0.05, 0.1) is 11.4 Å². The van der Waals surface area contributed by atoms with Crippen LogP contribution in [0.3, 0.4) is 0 Å². The lowest BCUT2D eigenvalue weighted by molar-refractivity contribution is 0.209. The SMILES string of the molecule is O=C(O)Nc1c[nH]nc1C1CC1. The maximum absolute atomic E-state index is 10.3. The van der Waals surface area contributed by atoms with Crippen molar-refractivity contribution in [2.45, 2.75) is 18.8 Å². The third-order valence-corrected chi connectivity index (χ3v) is 1.88. The minimum Gasteiger partial charge on any atom is -0.465 e. The van der Waals surface area contributed by atoms with Gasteiger partial charge in [-0.2, -0.15) is 5.10 Å². The van der Waals surface area contributed by atoms with E-state index in [2.05, 4.69) is 15.5 Å². The average Bonchev–Trinajstić information content (AvgIpc) is 2.73. The molecular weight excluding hydrogens is 158 g/mol. The fraction of sp³-hybridized carbons (Fsp3) is 0.429. The second-order valence-corrected chi connectivity index (χ2v) is 2.89. The molecule has 64 valence electrons. The van der Waals surface area contributed by atoms with Gasteiger partial charge in [0.2, 0.25) is 0 Å². The Morgan fingerprint density at radius 3 is 3.08 bits per heavy atom. The van der Waals surface area contributed by atoms with Crippen molar-refractivity contribution in [1.82, 2.24) is 10.2 Å². The molecule has 5 nitrogen and oxygen atoms in total. The first kappa shape index (κ1) is 7.15. The van der Waals surface area contributed by atoms with E-state index in [1.165, 1.54) is 0 Å². The topological polar surface area (TPSA) is 78.0 Å². The van der Waals surface area contributed by atoms with E-state index in [9.17, 15) is 4.79 Å². The zero-order valence-electron chi connectivity index (χ0n) is 6.37. The van der Waals surface area contributed by atoms with Gasteiger partial charge in [-0.05, 0) is 12.8 Å². The van der Waals surface area contributed by atoms with E-state index in [4.69, 9.17) is 5.11 Å². The molecule has 0 radical (unpaired) electrons. The van der Waals surface area contributed by atoms with Crippen LogP contribution >= 0.6 is 0 Å². The van der Waals surface area contributed by atoms with E-state index < -0.39 is 6.09 Å². The third-order valence-electron chi connectivity index (χ3n) is 1.88. The number of carboxylic acid groups (broad SMARTS) is 1. The molecule has 1 aliphatic rings. The van der Waals surface area contributed by atoms with Crippen molar-refractivity contribution < 1.29 is 9.90 Å². The van der Waals surface area contributed by atoms with E-state index in [0.29, 0.717) is 11.6 Å². The highest BCUT2D eigenvalue weighted by molar-refractivity contribution is 5.83. The molecule has 0 aliphatic heterocycles. The summed E-state index contributed by atoms with van der Waals surface area (Å²) < 4.78 is 0. The van der Waals surface area contributed by atoms with Crippen LogP contribution in [0.25, 0.3) is 0 Å². The predicted molar refractivity (Wildman–Crippen MR) is 42.2 cm³/mol. The summed E-state index contributed by atoms with van der Waals surface area (Å²) >= 11 is 0. The van der Waals surface area contributed by atoms with Crippen LogP contribution in [0, 0.1) is 0 Å². The first-order chi connectivity index (χ1) is 5.77. The standard InChI is InChI=1S/C7H9N3O2/c11-7(12)9-5-3-8-10-6(5)4-1-2-4/h3-4,9H,1-2H2,(H,8,10)(H,11,12). The summed E-state index contributed by atoms with van der Waals surface area (Å²) in [5, 5.41) is 17.4. The maximum Gasteiger partial charge on any atom is 0.409 e. The Balaban J connectivity index is 2.18. The average molecular weight is 167 g/mol. The number of rotatable bonds is 2. The minimum atomic E-state index is -1.04. The fourth-order valence-corrected chi connectivity index (χ4v) is 1.18. The van der Waals surface area contributed by atoms with Gasteiger partial charge < -0.3 is 5.11 Å². The molecule has 12 heavy (non-hydrogen) atoms. The monoisotopic (exact) mass is 167 g/mol. The smallest absolute Gasteiger partial charge is 0.409 e. The number of amides is 1. The summed E-state index contributed by atoms with van der Waals surface area (Å²) in [5.74, 6) is 0.457. The molecule has 3 N–H and O–H groups in total. The second-order valence-electron chi connectivity index (χ2n) is 2.89. The van der Waals surface area contributed by atoms with Gasteiger partial charge in [0.1, 0.15) is 0 Å². The molecule has 1 fully saturated rings. The molecular formula is C7H9N3O2. The van der Waals surface area contributed by atoms with Crippen molar-refractivity contribution in [3.8, 4) is 0 Å². The molecule has 0 bridgehead atoms. The molecule has 1 aromatic heterocycles. The molecule has 1 aromatic rings. The highest BCUT2D eigenvalue weighted by Gasteiger charge is 2.28. The van der Waals surface area contributed by atoms with Crippen LogP contribution in [-0.2, 0) is 0 Å². The highest BCUT2D eigenvalue weighted by Crippen LogP contribution is 2.41. The summed E-state index contributed by atoms with van der Waals surface area (Å²) in [6.07, 6.45) is 2.75. The molecule has 0 atom stereocenters. The van der Waals surface area contributed by atoms with Gasteiger partial charge in [-0.3, -0.25) is 10.4 Å².